The summed E-state index contributed by atoms with van der Waals surface area (Å²) in [6.07, 6.45) is -3.16. The maximum Gasteiger partial charge on any atom is 0.418 e. The number of hydrogen-bond donors (Lipinski definition) is 1. The fourth-order valence-corrected chi connectivity index (χ4v) is 2.48. The Bertz CT molecular complexity index is 934. The Kier molecular flexibility index (Phi) is 3.96. The highest BCUT2D eigenvalue weighted by atomic mass is 35.5. The Hall–Kier alpha value is -2.54. The van der Waals surface area contributed by atoms with Crippen LogP contribution in [-0.4, -0.2) is 15.3 Å². The number of anilines is 1. The Labute approximate surface area is 139 Å². The number of hydrogen-bond acceptors (Lipinski definition) is 2. The summed E-state index contributed by atoms with van der Waals surface area (Å²) in [6, 6.07) is 8.47. The number of aromatic nitrogens is 2. The van der Waals surface area contributed by atoms with Crippen molar-refractivity contribution in [3.63, 3.8) is 0 Å². The molecule has 1 aromatic carbocycles. The first kappa shape index (κ1) is 16.3. The highest BCUT2D eigenvalue weighted by Gasteiger charge is 2.34. The van der Waals surface area contributed by atoms with Crippen LogP contribution >= 0.6 is 11.6 Å². The van der Waals surface area contributed by atoms with E-state index < -0.39 is 17.6 Å². The van der Waals surface area contributed by atoms with Gasteiger partial charge < -0.3 is 9.72 Å². The minimum Gasteiger partial charge on any atom is -0.320 e. The first-order valence-electron chi connectivity index (χ1n) is 6.88. The maximum atomic E-state index is 13.1. The van der Waals surface area contributed by atoms with Gasteiger partial charge in [-0.25, -0.2) is 4.98 Å². The minimum atomic E-state index is -4.64. The average molecular weight is 354 g/mol. The molecular weight excluding hydrogens is 343 g/mol. The van der Waals surface area contributed by atoms with Crippen LogP contribution in [0.1, 0.15) is 21.7 Å². The number of rotatable bonds is 2. The summed E-state index contributed by atoms with van der Waals surface area (Å²) in [6.45, 7) is 1.83. The number of carbonyl (C=O) groups is 1. The van der Waals surface area contributed by atoms with Gasteiger partial charge in [0.05, 0.1) is 11.3 Å². The number of halogens is 4. The van der Waals surface area contributed by atoms with Crippen molar-refractivity contribution in [3.8, 4) is 0 Å². The van der Waals surface area contributed by atoms with E-state index >= 15 is 0 Å². The van der Waals surface area contributed by atoms with Crippen LogP contribution in [0.4, 0.5) is 18.9 Å². The van der Waals surface area contributed by atoms with Gasteiger partial charge in [0.1, 0.15) is 11.3 Å². The van der Waals surface area contributed by atoms with Crippen LogP contribution in [-0.2, 0) is 6.18 Å². The SMILES string of the molecule is Cc1cccc2nc(C(=O)Nc3ccc(Cl)cc3C(F)(F)F)cn12. The highest BCUT2D eigenvalue weighted by molar-refractivity contribution is 6.30. The summed E-state index contributed by atoms with van der Waals surface area (Å²) in [4.78, 5) is 16.4. The zero-order valence-electron chi connectivity index (χ0n) is 12.4. The largest absolute Gasteiger partial charge is 0.418 e. The van der Waals surface area contributed by atoms with Crippen LogP contribution in [0.25, 0.3) is 5.65 Å². The van der Waals surface area contributed by atoms with Gasteiger partial charge in [-0.15, -0.1) is 0 Å². The fraction of sp³-hybridized carbons (Fsp3) is 0.125. The number of aryl methyl sites for hydroxylation is 1. The van der Waals surface area contributed by atoms with Gasteiger partial charge in [0.15, 0.2) is 0 Å². The van der Waals surface area contributed by atoms with Crippen molar-refractivity contribution < 1.29 is 18.0 Å². The highest BCUT2D eigenvalue weighted by Crippen LogP contribution is 2.36. The van der Waals surface area contributed by atoms with E-state index in [1.807, 2.05) is 13.0 Å². The molecule has 0 aliphatic heterocycles. The summed E-state index contributed by atoms with van der Waals surface area (Å²) in [7, 11) is 0. The van der Waals surface area contributed by atoms with Crippen molar-refractivity contribution in [1.82, 2.24) is 9.38 Å². The molecule has 4 nitrogen and oxygen atoms in total. The Balaban J connectivity index is 1.96. The monoisotopic (exact) mass is 353 g/mol. The number of carbonyl (C=O) groups excluding carboxylic acids is 1. The van der Waals surface area contributed by atoms with Crippen LogP contribution < -0.4 is 5.32 Å². The predicted octanol–water partition coefficient (Wildman–Crippen LogP) is 4.57. The average Bonchev–Trinajstić information content (AvgIpc) is 2.94. The molecule has 0 saturated heterocycles. The van der Waals surface area contributed by atoms with Crippen LogP contribution in [0.2, 0.25) is 5.02 Å². The number of alkyl halides is 3. The molecule has 24 heavy (non-hydrogen) atoms. The molecule has 0 fully saturated rings. The molecule has 0 bridgehead atoms. The van der Waals surface area contributed by atoms with E-state index in [0.717, 1.165) is 17.8 Å². The molecule has 1 N–H and O–H groups in total. The Morgan fingerprint density at radius 2 is 2.00 bits per heavy atom. The molecular formula is C16H11ClF3N3O. The molecule has 0 atom stereocenters. The molecule has 1 amide bonds. The second-order valence-electron chi connectivity index (χ2n) is 5.16. The van der Waals surface area contributed by atoms with E-state index in [-0.39, 0.29) is 16.4 Å². The van der Waals surface area contributed by atoms with Crippen LogP contribution in [0.3, 0.4) is 0 Å². The first-order valence-corrected chi connectivity index (χ1v) is 7.26. The second kappa shape index (κ2) is 5.83. The summed E-state index contributed by atoms with van der Waals surface area (Å²) in [5, 5.41) is 2.18. The third-order valence-corrected chi connectivity index (χ3v) is 3.70. The minimum absolute atomic E-state index is 0.0207. The zero-order valence-corrected chi connectivity index (χ0v) is 13.1. The molecule has 0 spiro atoms. The van der Waals surface area contributed by atoms with E-state index in [1.165, 1.54) is 12.3 Å². The van der Waals surface area contributed by atoms with Gasteiger partial charge in [-0.1, -0.05) is 17.7 Å². The van der Waals surface area contributed by atoms with Crippen molar-refractivity contribution >= 4 is 28.8 Å². The van der Waals surface area contributed by atoms with Gasteiger partial charge >= 0.3 is 6.18 Å². The smallest absolute Gasteiger partial charge is 0.320 e. The summed E-state index contributed by atoms with van der Waals surface area (Å²) < 4.78 is 40.9. The standard InChI is InChI=1S/C16H11ClF3N3O/c1-9-3-2-4-14-21-13(8-23(9)14)15(24)22-12-6-5-10(17)7-11(12)16(18,19)20/h2-8H,1H3,(H,22,24). The normalized spacial score (nSPS) is 11.7. The van der Waals surface area contributed by atoms with Gasteiger partial charge in [-0.2, -0.15) is 13.2 Å². The van der Waals surface area contributed by atoms with E-state index in [1.54, 1.807) is 16.5 Å². The van der Waals surface area contributed by atoms with Crippen molar-refractivity contribution in [2.45, 2.75) is 13.1 Å². The van der Waals surface area contributed by atoms with E-state index in [9.17, 15) is 18.0 Å². The lowest BCUT2D eigenvalue weighted by Crippen LogP contribution is -2.17. The van der Waals surface area contributed by atoms with Gasteiger partial charge in [0.25, 0.3) is 5.91 Å². The molecule has 124 valence electrons. The van der Waals surface area contributed by atoms with Gasteiger partial charge in [0.2, 0.25) is 0 Å². The fourth-order valence-electron chi connectivity index (χ4n) is 2.30. The predicted molar refractivity (Wildman–Crippen MR) is 84.3 cm³/mol. The van der Waals surface area contributed by atoms with E-state index in [4.69, 9.17) is 11.6 Å². The van der Waals surface area contributed by atoms with Crippen LogP contribution in [0.5, 0.6) is 0 Å². The third-order valence-electron chi connectivity index (χ3n) is 3.46. The van der Waals surface area contributed by atoms with Gasteiger partial charge in [0, 0.05) is 16.9 Å². The van der Waals surface area contributed by atoms with Crippen molar-refractivity contribution in [2.75, 3.05) is 5.32 Å². The molecule has 3 rings (SSSR count). The van der Waals surface area contributed by atoms with Crippen molar-refractivity contribution in [2.24, 2.45) is 0 Å². The quantitative estimate of drug-likeness (QED) is 0.733. The number of nitrogens with one attached hydrogen (secondary N) is 1. The zero-order chi connectivity index (χ0) is 17.5. The van der Waals surface area contributed by atoms with E-state index in [2.05, 4.69) is 10.3 Å². The number of pyridine rings is 1. The summed E-state index contributed by atoms with van der Waals surface area (Å²) in [5.41, 5.74) is 0.0233. The molecule has 0 radical (unpaired) electrons. The molecule has 3 aromatic rings. The lowest BCUT2D eigenvalue weighted by Gasteiger charge is -2.13. The second-order valence-corrected chi connectivity index (χ2v) is 5.60. The molecule has 0 saturated carbocycles. The molecule has 0 unspecified atom stereocenters. The molecule has 2 aromatic heterocycles. The number of imidazole rings is 1. The van der Waals surface area contributed by atoms with Crippen LogP contribution in [0, 0.1) is 6.92 Å². The molecule has 0 aliphatic carbocycles. The maximum absolute atomic E-state index is 13.1. The Morgan fingerprint density at radius 1 is 1.25 bits per heavy atom. The third kappa shape index (κ3) is 3.07. The van der Waals surface area contributed by atoms with Crippen molar-refractivity contribution in [1.29, 1.82) is 0 Å². The Morgan fingerprint density at radius 3 is 2.67 bits per heavy atom. The summed E-state index contributed by atoms with van der Waals surface area (Å²) in [5.74, 6) is -0.731. The topological polar surface area (TPSA) is 46.4 Å². The molecule has 0 aliphatic rings. The van der Waals surface area contributed by atoms with Gasteiger partial charge in [-0.3, -0.25) is 4.79 Å². The first-order chi connectivity index (χ1) is 11.3. The molecule has 2 heterocycles. The number of amides is 1. The lowest BCUT2D eigenvalue weighted by atomic mass is 10.1. The lowest BCUT2D eigenvalue weighted by molar-refractivity contribution is -0.136. The number of benzene rings is 1. The summed E-state index contributed by atoms with van der Waals surface area (Å²) >= 11 is 5.62. The number of fused-ring (bicyclic) bond motifs is 1. The van der Waals surface area contributed by atoms with Crippen molar-refractivity contribution in [3.05, 3.63) is 64.6 Å². The van der Waals surface area contributed by atoms with Gasteiger partial charge in [-0.05, 0) is 37.3 Å². The molecule has 8 heteroatoms. The van der Waals surface area contributed by atoms with E-state index in [0.29, 0.717) is 5.65 Å². The van der Waals surface area contributed by atoms with Crippen LogP contribution in [0.15, 0.2) is 42.6 Å². The number of nitrogens with zero attached hydrogens (tertiary/aromatic N) is 2.